The maximum absolute atomic E-state index is 13.0. The Kier molecular flexibility index (Phi) is 4.35. The summed E-state index contributed by atoms with van der Waals surface area (Å²) in [7, 11) is 0. The van der Waals surface area contributed by atoms with Crippen LogP contribution in [-0.4, -0.2) is 16.1 Å². The van der Waals surface area contributed by atoms with Gasteiger partial charge in [-0.3, -0.25) is 0 Å². The van der Waals surface area contributed by atoms with Crippen molar-refractivity contribution in [3.05, 3.63) is 22.2 Å². The first-order valence-electron chi connectivity index (χ1n) is 3.77. The largest absolute Gasteiger partial charge is 0.505 e. The first-order chi connectivity index (χ1) is 7.24. The Labute approximate surface area is 110 Å². The van der Waals surface area contributed by atoms with E-state index in [1.54, 1.807) is 0 Å². The maximum Gasteiger partial charge on any atom is 0.428 e. The Morgan fingerprint density at radius 1 is 1.19 bits per heavy atom. The zero-order chi connectivity index (χ0) is 12.5. The smallest absolute Gasteiger partial charge is 0.428 e. The fraction of sp³-hybridized carbons (Fsp3) is 0.250. The quantitative estimate of drug-likeness (QED) is 0.834. The minimum atomic E-state index is -3.78. The van der Waals surface area contributed by atoms with Crippen LogP contribution in [0.1, 0.15) is 0 Å². The molecule has 0 aliphatic carbocycles. The molecule has 0 aliphatic rings. The van der Waals surface area contributed by atoms with Gasteiger partial charge >= 0.3 is 6.11 Å². The Hall–Kier alpha value is -0.160. The molecule has 0 amide bonds. The Morgan fingerprint density at radius 3 is 2.00 bits per heavy atom. The number of phenols is 1. The van der Waals surface area contributed by atoms with Gasteiger partial charge < -0.3 is 9.84 Å². The summed E-state index contributed by atoms with van der Waals surface area (Å²) in [6.45, 7) is 0. The zero-order valence-corrected chi connectivity index (χ0v) is 10.4. The molecule has 1 aromatic carbocycles. The molecule has 1 N–H and O–H groups in total. The zero-order valence-electron chi connectivity index (χ0n) is 7.36. The number of benzene rings is 1. The van der Waals surface area contributed by atoms with E-state index in [0.29, 0.717) is 0 Å². The van der Waals surface area contributed by atoms with Gasteiger partial charge in [0.1, 0.15) is 5.75 Å². The minimum absolute atomic E-state index is 0.223. The third-order valence-electron chi connectivity index (χ3n) is 1.50. The van der Waals surface area contributed by atoms with E-state index >= 15 is 0 Å². The van der Waals surface area contributed by atoms with E-state index in [9.17, 15) is 13.9 Å². The lowest BCUT2D eigenvalue weighted by atomic mass is 10.3. The van der Waals surface area contributed by atoms with Crippen LogP contribution in [-0.2, 0) is 0 Å². The molecule has 8 heteroatoms. The summed E-state index contributed by atoms with van der Waals surface area (Å²) in [4.78, 5) is -2.04. The van der Waals surface area contributed by atoms with E-state index in [2.05, 4.69) is 4.74 Å². The molecule has 0 fully saturated rings. The standard InChI is InChI=1S/C8H4Cl4F2O2/c9-4-1-3(2-5(10)6(4)15)16-8(13,14)7(11)12/h1-2,7,15H. The van der Waals surface area contributed by atoms with E-state index in [0.717, 1.165) is 12.1 Å². The van der Waals surface area contributed by atoms with Crippen molar-refractivity contribution in [2.75, 3.05) is 0 Å². The predicted octanol–water partition coefficient (Wildman–Crippen LogP) is 4.47. The molecule has 0 spiro atoms. The van der Waals surface area contributed by atoms with Gasteiger partial charge in [-0.1, -0.05) is 46.4 Å². The van der Waals surface area contributed by atoms with Crippen molar-refractivity contribution < 1.29 is 18.6 Å². The van der Waals surface area contributed by atoms with Crippen LogP contribution in [0, 0.1) is 0 Å². The van der Waals surface area contributed by atoms with Gasteiger partial charge in [0.05, 0.1) is 10.0 Å². The van der Waals surface area contributed by atoms with Gasteiger partial charge in [0.15, 0.2) is 5.75 Å². The van der Waals surface area contributed by atoms with Crippen LogP contribution in [0.15, 0.2) is 12.1 Å². The van der Waals surface area contributed by atoms with Crippen LogP contribution in [0.2, 0.25) is 10.0 Å². The summed E-state index contributed by atoms with van der Waals surface area (Å²) in [6, 6.07) is 1.93. The van der Waals surface area contributed by atoms with Crippen molar-refractivity contribution >= 4 is 46.4 Å². The highest BCUT2D eigenvalue weighted by Crippen LogP contribution is 2.38. The lowest BCUT2D eigenvalue weighted by Gasteiger charge is -2.19. The number of hydrogen-bond acceptors (Lipinski definition) is 2. The molecule has 0 heterocycles. The highest BCUT2D eigenvalue weighted by Gasteiger charge is 2.40. The van der Waals surface area contributed by atoms with Crippen molar-refractivity contribution in [1.29, 1.82) is 0 Å². The van der Waals surface area contributed by atoms with Crippen LogP contribution >= 0.6 is 46.4 Å². The molecular formula is C8H4Cl4F2O2. The molecule has 0 aromatic heterocycles. The topological polar surface area (TPSA) is 29.5 Å². The van der Waals surface area contributed by atoms with Gasteiger partial charge in [0.2, 0.25) is 4.84 Å². The van der Waals surface area contributed by atoms with Gasteiger partial charge in [0.25, 0.3) is 0 Å². The highest BCUT2D eigenvalue weighted by molar-refractivity contribution is 6.44. The summed E-state index contributed by atoms with van der Waals surface area (Å²) in [6.07, 6.45) is -3.78. The Bertz CT molecular complexity index is 375. The number of rotatable bonds is 3. The molecule has 1 rings (SSSR count). The van der Waals surface area contributed by atoms with Crippen LogP contribution in [0.3, 0.4) is 0 Å². The SMILES string of the molecule is Oc1c(Cl)cc(OC(F)(F)C(Cl)Cl)cc1Cl. The number of halogens is 6. The molecule has 2 nitrogen and oxygen atoms in total. The predicted molar refractivity (Wildman–Crippen MR) is 59.2 cm³/mol. The summed E-state index contributed by atoms with van der Waals surface area (Å²) in [5.74, 6) is -0.781. The summed E-state index contributed by atoms with van der Waals surface area (Å²) < 4.78 is 30.1. The minimum Gasteiger partial charge on any atom is -0.505 e. The monoisotopic (exact) mass is 310 g/mol. The van der Waals surface area contributed by atoms with Crippen molar-refractivity contribution in [1.82, 2.24) is 0 Å². The van der Waals surface area contributed by atoms with Crippen LogP contribution < -0.4 is 4.74 Å². The third kappa shape index (κ3) is 3.17. The van der Waals surface area contributed by atoms with E-state index in [1.807, 2.05) is 0 Å². The average molecular weight is 312 g/mol. The lowest BCUT2D eigenvalue weighted by molar-refractivity contribution is -0.163. The molecule has 1 aromatic rings. The van der Waals surface area contributed by atoms with Gasteiger partial charge in [-0.25, -0.2) is 0 Å². The third-order valence-corrected chi connectivity index (χ3v) is 2.58. The molecule has 16 heavy (non-hydrogen) atoms. The molecule has 90 valence electrons. The van der Waals surface area contributed by atoms with Crippen molar-refractivity contribution in [3.8, 4) is 11.5 Å². The number of ether oxygens (including phenoxy) is 1. The first-order valence-corrected chi connectivity index (χ1v) is 5.40. The second kappa shape index (κ2) is 5.00. The summed E-state index contributed by atoms with van der Waals surface area (Å²) >= 11 is 21.0. The molecule has 0 aliphatic heterocycles. The van der Waals surface area contributed by atoms with Crippen LogP contribution in [0.5, 0.6) is 11.5 Å². The van der Waals surface area contributed by atoms with Crippen LogP contribution in [0.4, 0.5) is 8.78 Å². The fourth-order valence-corrected chi connectivity index (χ4v) is 1.36. The van der Waals surface area contributed by atoms with E-state index in [4.69, 9.17) is 46.4 Å². The van der Waals surface area contributed by atoms with E-state index in [1.165, 1.54) is 0 Å². The van der Waals surface area contributed by atoms with E-state index in [-0.39, 0.29) is 15.8 Å². The molecule has 0 unspecified atom stereocenters. The number of hydrogen-bond donors (Lipinski definition) is 1. The van der Waals surface area contributed by atoms with Gasteiger partial charge in [0, 0.05) is 12.1 Å². The first kappa shape index (κ1) is 13.9. The second-order valence-corrected chi connectivity index (χ2v) is 4.61. The fourth-order valence-electron chi connectivity index (χ4n) is 0.803. The molecule has 0 saturated carbocycles. The van der Waals surface area contributed by atoms with E-state index < -0.39 is 16.7 Å². The maximum atomic E-state index is 13.0. The number of aromatic hydroxyl groups is 1. The molecule has 0 radical (unpaired) electrons. The summed E-state index contributed by atoms with van der Waals surface area (Å²) in [5, 5.41) is 8.73. The molecule has 0 atom stereocenters. The Morgan fingerprint density at radius 2 is 1.62 bits per heavy atom. The molecule has 0 bridgehead atoms. The van der Waals surface area contributed by atoms with Crippen molar-refractivity contribution in [2.24, 2.45) is 0 Å². The normalized spacial score (nSPS) is 11.9. The number of phenolic OH excluding ortho intramolecular Hbond substituents is 1. The van der Waals surface area contributed by atoms with Gasteiger partial charge in [-0.15, -0.1) is 0 Å². The van der Waals surface area contributed by atoms with Gasteiger partial charge in [-0.2, -0.15) is 8.78 Å². The highest BCUT2D eigenvalue weighted by atomic mass is 35.5. The van der Waals surface area contributed by atoms with Crippen molar-refractivity contribution in [2.45, 2.75) is 10.9 Å². The average Bonchev–Trinajstić information content (AvgIpc) is 2.13. The summed E-state index contributed by atoms with van der Waals surface area (Å²) in [5.41, 5.74) is 0. The molecular weight excluding hydrogens is 308 g/mol. The van der Waals surface area contributed by atoms with Crippen LogP contribution in [0.25, 0.3) is 0 Å². The lowest BCUT2D eigenvalue weighted by Crippen LogP contribution is -2.32. The second-order valence-electron chi connectivity index (χ2n) is 2.70. The Balaban J connectivity index is 2.99. The van der Waals surface area contributed by atoms with Crippen molar-refractivity contribution in [3.63, 3.8) is 0 Å². The van der Waals surface area contributed by atoms with Gasteiger partial charge in [-0.05, 0) is 0 Å². The molecule has 0 saturated heterocycles. The number of alkyl halides is 4.